The van der Waals surface area contributed by atoms with E-state index in [0.717, 1.165) is 6.42 Å². The summed E-state index contributed by atoms with van der Waals surface area (Å²) >= 11 is 0. The number of rotatable bonds is 4. The fourth-order valence-electron chi connectivity index (χ4n) is 1.47. The predicted molar refractivity (Wildman–Crippen MR) is 58.9 cm³/mol. The first kappa shape index (κ1) is 11.3. The summed E-state index contributed by atoms with van der Waals surface area (Å²) in [4.78, 5) is 0. The number of hydrogen-bond donors (Lipinski definition) is 2. The van der Waals surface area contributed by atoms with Crippen LogP contribution in [-0.2, 0) is 0 Å². The fourth-order valence-corrected chi connectivity index (χ4v) is 1.47. The van der Waals surface area contributed by atoms with Crippen molar-refractivity contribution in [3.63, 3.8) is 0 Å². The highest BCUT2D eigenvalue weighted by Crippen LogP contribution is 2.18. The molecule has 1 rings (SSSR count). The maximum atomic E-state index is 9.28. The van der Waals surface area contributed by atoms with Crippen molar-refractivity contribution in [2.24, 2.45) is 5.92 Å². The van der Waals surface area contributed by atoms with Crippen molar-refractivity contribution in [1.82, 2.24) is 0 Å². The molecule has 0 saturated carbocycles. The lowest BCUT2D eigenvalue weighted by Crippen LogP contribution is -2.13. The monoisotopic (exact) mass is 202 g/mol. The Labute approximate surface area is 89.5 Å². The molecule has 3 nitrogen and oxygen atoms in total. The third-order valence-corrected chi connectivity index (χ3v) is 2.40. The SMILES string of the molecule is CCC(CC#N)C(=N)c1cccc(O)c1. The van der Waals surface area contributed by atoms with Crippen LogP contribution in [0.5, 0.6) is 5.75 Å². The Bertz CT molecular complexity index is 393. The van der Waals surface area contributed by atoms with Crippen molar-refractivity contribution in [3.8, 4) is 11.8 Å². The van der Waals surface area contributed by atoms with Gasteiger partial charge >= 0.3 is 0 Å². The van der Waals surface area contributed by atoms with Crippen molar-refractivity contribution in [2.45, 2.75) is 19.8 Å². The summed E-state index contributed by atoms with van der Waals surface area (Å²) in [7, 11) is 0. The van der Waals surface area contributed by atoms with Crippen LogP contribution in [0.2, 0.25) is 0 Å². The van der Waals surface area contributed by atoms with Gasteiger partial charge in [0.2, 0.25) is 0 Å². The Morgan fingerprint density at radius 3 is 2.87 bits per heavy atom. The molecule has 0 aromatic heterocycles. The molecule has 1 unspecified atom stereocenters. The fraction of sp³-hybridized carbons (Fsp3) is 0.333. The van der Waals surface area contributed by atoms with E-state index >= 15 is 0 Å². The van der Waals surface area contributed by atoms with Gasteiger partial charge in [0.1, 0.15) is 5.75 Å². The summed E-state index contributed by atoms with van der Waals surface area (Å²) in [5.74, 6) is 0.112. The van der Waals surface area contributed by atoms with Gasteiger partial charge in [-0.2, -0.15) is 5.26 Å². The van der Waals surface area contributed by atoms with Crippen LogP contribution in [0.25, 0.3) is 0 Å². The molecule has 0 aliphatic heterocycles. The van der Waals surface area contributed by atoms with E-state index in [9.17, 15) is 5.11 Å². The summed E-state index contributed by atoms with van der Waals surface area (Å²) in [6.45, 7) is 1.96. The smallest absolute Gasteiger partial charge is 0.116 e. The van der Waals surface area contributed by atoms with E-state index in [2.05, 4.69) is 6.07 Å². The van der Waals surface area contributed by atoms with Gasteiger partial charge in [-0.25, -0.2) is 0 Å². The first-order valence-corrected chi connectivity index (χ1v) is 4.93. The lowest BCUT2D eigenvalue weighted by molar-refractivity contribution is 0.475. The average Bonchev–Trinajstić information content (AvgIpc) is 2.25. The second kappa shape index (κ2) is 5.16. The van der Waals surface area contributed by atoms with Crippen LogP contribution in [0.3, 0.4) is 0 Å². The van der Waals surface area contributed by atoms with Gasteiger partial charge < -0.3 is 10.5 Å². The molecule has 15 heavy (non-hydrogen) atoms. The van der Waals surface area contributed by atoms with Gasteiger partial charge in [-0.1, -0.05) is 19.1 Å². The maximum absolute atomic E-state index is 9.28. The molecule has 1 aromatic carbocycles. The molecule has 0 aliphatic carbocycles. The second-order valence-corrected chi connectivity index (χ2v) is 3.43. The van der Waals surface area contributed by atoms with Crippen LogP contribution >= 0.6 is 0 Å². The highest BCUT2D eigenvalue weighted by Gasteiger charge is 2.14. The number of nitrogens with one attached hydrogen (secondary N) is 1. The van der Waals surface area contributed by atoms with Crippen LogP contribution in [0.15, 0.2) is 24.3 Å². The molecular formula is C12H14N2O. The molecule has 3 heteroatoms. The zero-order valence-electron chi connectivity index (χ0n) is 8.70. The van der Waals surface area contributed by atoms with E-state index < -0.39 is 0 Å². The van der Waals surface area contributed by atoms with Crippen LogP contribution < -0.4 is 0 Å². The third-order valence-electron chi connectivity index (χ3n) is 2.40. The van der Waals surface area contributed by atoms with E-state index in [0.29, 0.717) is 17.7 Å². The summed E-state index contributed by atoms with van der Waals surface area (Å²) in [6, 6.07) is 8.70. The molecule has 0 aliphatic rings. The van der Waals surface area contributed by atoms with Gasteiger partial charge in [0.05, 0.1) is 6.07 Å². The highest BCUT2D eigenvalue weighted by molar-refractivity contribution is 6.00. The Morgan fingerprint density at radius 2 is 2.33 bits per heavy atom. The van der Waals surface area contributed by atoms with Crippen molar-refractivity contribution in [2.75, 3.05) is 0 Å². The Balaban J connectivity index is 2.88. The van der Waals surface area contributed by atoms with Gasteiger partial charge in [-0.3, -0.25) is 0 Å². The number of nitrogens with zero attached hydrogens (tertiary/aromatic N) is 1. The number of benzene rings is 1. The molecule has 2 N–H and O–H groups in total. The lowest BCUT2D eigenvalue weighted by Gasteiger charge is -2.12. The van der Waals surface area contributed by atoms with Crippen LogP contribution in [-0.4, -0.2) is 10.8 Å². The molecule has 0 radical (unpaired) electrons. The maximum Gasteiger partial charge on any atom is 0.116 e. The summed E-state index contributed by atoms with van der Waals surface area (Å²) in [5.41, 5.74) is 1.12. The largest absolute Gasteiger partial charge is 0.508 e. The van der Waals surface area contributed by atoms with E-state index in [4.69, 9.17) is 10.7 Å². The third kappa shape index (κ3) is 2.81. The van der Waals surface area contributed by atoms with E-state index in [-0.39, 0.29) is 11.7 Å². The molecule has 0 heterocycles. The molecule has 0 saturated heterocycles. The molecule has 0 fully saturated rings. The minimum Gasteiger partial charge on any atom is -0.508 e. The number of phenolic OH excluding ortho intramolecular Hbond substituents is 1. The summed E-state index contributed by atoms with van der Waals surface area (Å²) in [5, 5.41) is 25.8. The number of nitriles is 1. The minimum absolute atomic E-state index is 0.0446. The minimum atomic E-state index is -0.0446. The highest BCUT2D eigenvalue weighted by atomic mass is 16.3. The second-order valence-electron chi connectivity index (χ2n) is 3.43. The van der Waals surface area contributed by atoms with Crippen LogP contribution in [0, 0.1) is 22.7 Å². The Kier molecular flexibility index (Phi) is 3.87. The van der Waals surface area contributed by atoms with E-state index in [1.54, 1.807) is 24.3 Å². The molecule has 78 valence electrons. The number of hydrogen-bond acceptors (Lipinski definition) is 3. The molecule has 0 amide bonds. The van der Waals surface area contributed by atoms with E-state index in [1.807, 2.05) is 6.92 Å². The van der Waals surface area contributed by atoms with Crippen molar-refractivity contribution in [1.29, 1.82) is 10.7 Å². The van der Waals surface area contributed by atoms with Gasteiger partial charge in [0, 0.05) is 18.1 Å². The van der Waals surface area contributed by atoms with Crippen molar-refractivity contribution in [3.05, 3.63) is 29.8 Å². The zero-order chi connectivity index (χ0) is 11.3. The first-order valence-electron chi connectivity index (χ1n) is 4.93. The van der Waals surface area contributed by atoms with Crippen molar-refractivity contribution >= 4 is 5.71 Å². The summed E-state index contributed by atoms with van der Waals surface area (Å²) < 4.78 is 0. The normalized spacial score (nSPS) is 11.7. The average molecular weight is 202 g/mol. The predicted octanol–water partition coefficient (Wildman–Crippen LogP) is 2.70. The van der Waals surface area contributed by atoms with Gasteiger partial charge in [-0.05, 0) is 24.1 Å². The van der Waals surface area contributed by atoms with Gasteiger partial charge in [0.25, 0.3) is 0 Å². The Hall–Kier alpha value is -1.82. The van der Waals surface area contributed by atoms with Gasteiger partial charge in [-0.15, -0.1) is 0 Å². The number of phenols is 1. The molecule has 0 spiro atoms. The van der Waals surface area contributed by atoms with Crippen LogP contribution in [0.4, 0.5) is 0 Å². The van der Waals surface area contributed by atoms with Gasteiger partial charge in [0.15, 0.2) is 0 Å². The number of aromatic hydroxyl groups is 1. The standard InChI is InChI=1S/C12H14N2O/c1-2-9(6-7-13)12(14)10-4-3-5-11(15)8-10/h3-5,8-9,14-15H,2,6H2,1H3. The molecule has 1 aromatic rings. The quantitative estimate of drug-likeness (QED) is 0.737. The van der Waals surface area contributed by atoms with Crippen LogP contribution in [0.1, 0.15) is 25.3 Å². The molecule has 0 bridgehead atoms. The Morgan fingerprint density at radius 1 is 1.60 bits per heavy atom. The topological polar surface area (TPSA) is 67.9 Å². The summed E-state index contributed by atoms with van der Waals surface area (Å²) in [6.07, 6.45) is 1.12. The molecule has 1 atom stereocenters. The van der Waals surface area contributed by atoms with Crippen molar-refractivity contribution < 1.29 is 5.11 Å². The molecular weight excluding hydrogens is 188 g/mol. The lowest BCUT2D eigenvalue weighted by atomic mass is 9.92. The zero-order valence-corrected chi connectivity index (χ0v) is 8.70. The first-order chi connectivity index (χ1) is 7.19. The van der Waals surface area contributed by atoms with E-state index in [1.165, 1.54) is 0 Å².